The van der Waals surface area contributed by atoms with E-state index < -0.39 is 23.5 Å². The normalized spacial score (nSPS) is 16.3. The molecule has 0 saturated carbocycles. The summed E-state index contributed by atoms with van der Waals surface area (Å²) >= 11 is 2.54. The molecule has 160 valence electrons. The number of carbonyl (C=O) groups excluding carboxylic acids is 2. The molecule has 4 rings (SSSR count). The van der Waals surface area contributed by atoms with Gasteiger partial charge in [0.1, 0.15) is 0 Å². The molecule has 31 heavy (non-hydrogen) atoms. The van der Waals surface area contributed by atoms with E-state index in [2.05, 4.69) is 4.98 Å². The lowest BCUT2D eigenvalue weighted by Crippen LogP contribution is -2.31. The Balaban J connectivity index is 1.90. The molecule has 9 heteroatoms. The molecule has 3 aromatic rings. The van der Waals surface area contributed by atoms with Gasteiger partial charge in [-0.25, -0.2) is 4.98 Å². The van der Waals surface area contributed by atoms with Gasteiger partial charge in [0.05, 0.1) is 28.8 Å². The Morgan fingerprint density at radius 3 is 2.65 bits per heavy atom. The van der Waals surface area contributed by atoms with Crippen LogP contribution in [0.25, 0.3) is 0 Å². The molecule has 0 fully saturated rings. The number of thiazole rings is 1. The molecule has 1 amide bonds. The number of aryl methyl sites for hydroxylation is 2. The number of amides is 1. The number of hydrogen-bond acceptors (Lipinski definition) is 8. The Morgan fingerprint density at radius 1 is 1.26 bits per heavy atom. The van der Waals surface area contributed by atoms with Crippen LogP contribution in [0.2, 0.25) is 0 Å². The highest BCUT2D eigenvalue weighted by Crippen LogP contribution is 2.45. The van der Waals surface area contributed by atoms with Crippen molar-refractivity contribution in [3.63, 3.8) is 0 Å². The summed E-state index contributed by atoms with van der Waals surface area (Å²) in [4.78, 5) is 33.6. The maximum atomic E-state index is 13.3. The number of nitrogens with zero attached hydrogens (tertiary/aromatic N) is 2. The summed E-state index contributed by atoms with van der Waals surface area (Å²) in [5.41, 5.74) is 1.26. The van der Waals surface area contributed by atoms with Gasteiger partial charge in [-0.3, -0.25) is 14.5 Å². The summed E-state index contributed by atoms with van der Waals surface area (Å²) in [6, 6.07) is 7.11. The first-order valence-corrected chi connectivity index (χ1v) is 11.3. The van der Waals surface area contributed by atoms with Crippen LogP contribution in [0.5, 0.6) is 11.5 Å². The van der Waals surface area contributed by atoms with E-state index in [9.17, 15) is 19.8 Å². The van der Waals surface area contributed by atoms with Crippen LogP contribution in [-0.4, -0.2) is 33.5 Å². The fourth-order valence-corrected chi connectivity index (χ4v) is 5.04. The Hall–Kier alpha value is -3.17. The van der Waals surface area contributed by atoms with E-state index in [0.29, 0.717) is 22.2 Å². The van der Waals surface area contributed by atoms with Gasteiger partial charge in [0.15, 0.2) is 22.4 Å². The van der Waals surface area contributed by atoms with Crippen molar-refractivity contribution in [1.29, 1.82) is 0 Å². The average molecular weight is 457 g/mol. The first-order valence-electron chi connectivity index (χ1n) is 9.58. The Morgan fingerprint density at radius 2 is 2.03 bits per heavy atom. The molecule has 0 aliphatic carbocycles. The molecule has 0 spiro atoms. The number of Topliss-reactive ketones (excluding diaryl/α,β-unsaturated/α-hetero) is 1. The lowest BCUT2D eigenvalue weighted by Gasteiger charge is -2.25. The summed E-state index contributed by atoms with van der Waals surface area (Å²) in [5.74, 6) is -1.54. The first-order chi connectivity index (χ1) is 14.8. The molecule has 1 aliphatic heterocycles. The maximum absolute atomic E-state index is 13.3. The minimum Gasteiger partial charge on any atom is -0.504 e. The predicted octanol–water partition coefficient (Wildman–Crippen LogP) is 4.71. The van der Waals surface area contributed by atoms with Crippen LogP contribution in [0, 0.1) is 13.8 Å². The van der Waals surface area contributed by atoms with E-state index in [-0.39, 0.29) is 17.1 Å². The number of aliphatic hydroxyl groups is 1. The Labute approximate surface area is 186 Å². The second kappa shape index (κ2) is 8.16. The molecule has 1 aromatic carbocycles. The zero-order valence-corrected chi connectivity index (χ0v) is 18.7. The lowest BCUT2D eigenvalue weighted by atomic mass is 9.95. The van der Waals surface area contributed by atoms with E-state index in [0.717, 1.165) is 10.6 Å². The van der Waals surface area contributed by atoms with Crippen molar-refractivity contribution < 1.29 is 24.5 Å². The van der Waals surface area contributed by atoms with Crippen LogP contribution in [0.3, 0.4) is 0 Å². The monoisotopic (exact) mass is 456 g/mol. The van der Waals surface area contributed by atoms with Crippen LogP contribution < -0.4 is 9.64 Å². The van der Waals surface area contributed by atoms with E-state index in [1.54, 1.807) is 36.6 Å². The van der Waals surface area contributed by atoms with Gasteiger partial charge in [0, 0.05) is 4.88 Å². The van der Waals surface area contributed by atoms with E-state index in [4.69, 9.17) is 4.74 Å². The molecule has 2 N–H and O–H groups in total. The summed E-state index contributed by atoms with van der Waals surface area (Å²) in [6.07, 6.45) is 0. The topological polar surface area (TPSA) is 100.0 Å². The number of rotatable bonds is 6. The van der Waals surface area contributed by atoms with Crippen molar-refractivity contribution in [2.75, 3.05) is 11.5 Å². The number of thiophene rings is 1. The summed E-state index contributed by atoms with van der Waals surface area (Å²) < 4.78 is 5.49. The summed E-state index contributed by atoms with van der Waals surface area (Å²) in [7, 11) is 0. The fourth-order valence-electron chi connectivity index (χ4n) is 3.42. The summed E-state index contributed by atoms with van der Waals surface area (Å²) in [6.45, 7) is 5.85. The van der Waals surface area contributed by atoms with E-state index >= 15 is 0 Å². The number of benzene rings is 1. The molecule has 0 unspecified atom stereocenters. The van der Waals surface area contributed by atoms with Gasteiger partial charge in [-0.1, -0.05) is 12.1 Å². The highest BCUT2D eigenvalue weighted by Gasteiger charge is 2.46. The fraction of sp³-hybridized carbons (Fsp3) is 0.227. The third-order valence-electron chi connectivity index (χ3n) is 5.02. The highest BCUT2D eigenvalue weighted by atomic mass is 32.1. The van der Waals surface area contributed by atoms with Crippen LogP contribution in [0.4, 0.5) is 5.13 Å². The minimum absolute atomic E-state index is 0.0221. The van der Waals surface area contributed by atoms with Gasteiger partial charge in [-0.2, -0.15) is 0 Å². The number of hydrogen-bond donors (Lipinski definition) is 2. The van der Waals surface area contributed by atoms with Crippen molar-refractivity contribution in [3.05, 3.63) is 68.1 Å². The lowest BCUT2D eigenvalue weighted by molar-refractivity contribution is -0.117. The van der Waals surface area contributed by atoms with Gasteiger partial charge in [0.2, 0.25) is 5.78 Å². The summed E-state index contributed by atoms with van der Waals surface area (Å²) in [5, 5.41) is 23.0. The standard InChI is InChI=1S/C22H20N2O5S2/c1-4-29-15-10-13(7-8-14(15)25)18-17(19(26)16-6-5-9-30-16)20(27)21(28)24(18)22-23-11(2)12(3)31-22/h5-10,18,25,27H,4H2,1-3H3/t18-/m0/s1. The third kappa shape index (κ3) is 3.60. The molecule has 1 atom stereocenters. The number of phenols is 1. The van der Waals surface area contributed by atoms with Gasteiger partial charge >= 0.3 is 0 Å². The van der Waals surface area contributed by atoms with Crippen LogP contribution in [-0.2, 0) is 4.79 Å². The molecule has 0 radical (unpaired) electrons. The second-order valence-corrected chi connectivity index (χ2v) is 9.07. The number of ether oxygens (including phenoxy) is 1. The number of aliphatic hydroxyl groups excluding tert-OH is 1. The molecular formula is C22H20N2O5S2. The Kier molecular flexibility index (Phi) is 5.55. The predicted molar refractivity (Wildman–Crippen MR) is 119 cm³/mol. The van der Waals surface area contributed by atoms with Gasteiger partial charge in [-0.15, -0.1) is 22.7 Å². The quantitative estimate of drug-likeness (QED) is 0.521. The molecule has 0 saturated heterocycles. The maximum Gasteiger partial charge on any atom is 0.296 e. The number of carbonyl (C=O) groups is 2. The average Bonchev–Trinajstić information content (AvgIpc) is 3.44. The number of aromatic hydroxyl groups is 1. The van der Waals surface area contributed by atoms with Crippen LogP contribution in [0.15, 0.2) is 47.0 Å². The van der Waals surface area contributed by atoms with E-state index in [1.165, 1.54) is 33.6 Å². The first kappa shape index (κ1) is 21.1. The Bertz CT molecular complexity index is 1180. The van der Waals surface area contributed by atoms with Crippen LogP contribution in [0.1, 0.15) is 38.8 Å². The molecule has 1 aliphatic rings. The van der Waals surface area contributed by atoms with Gasteiger partial charge in [0.25, 0.3) is 5.91 Å². The van der Waals surface area contributed by atoms with Gasteiger partial charge < -0.3 is 14.9 Å². The van der Waals surface area contributed by atoms with Gasteiger partial charge in [-0.05, 0) is 49.9 Å². The van der Waals surface area contributed by atoms with Crippen molar-refractivity contribution >= 4 is 39.5 Å². The zero-order chi connectivity index (χ0) is 22.3. The third-order valence-corrected chi connectivity index (χ3v) is 6.96. The zero-order valence-electron chi connectivity index (χ0n) is 17.1. The van der Waals surface area contributed by atoms with E-state index in [1.807, 2.05) is 13.8 Å². The number of phenolic OH excluding ortho intramolecular Hbond substituents is 1. The van der Waals surface area contributed by atoms with Crippen molar-refractivity contribution in [2.45, 2.75) is 26.8 Å². The van der Waals surface area contributed by atoms with Crippen LogP contribution >= 0.6 is 22.7 Å². The second-order valence-electron chi connectivity index (χ2n) is 6.94. The highest BCUT2D eigenvalue weighted by molar-refractivity contribution is 7.16. The molecule has 0 bridgehead atoms. The van der Waals surface area contributed by atoms with Crippen molar-refractivity contribution in [1.82, 2.24) is 4.98 Å². The molecule has 7 nitrogen and oxygen atoms in total. The number of ketones is 1. The number of anilines is 1. The molecule has 2 aromatic heterocycles. The molecular weight excluding hydrogens is 436 g/mol. The minimum atomic E-state index is -0.910. The SMILES string of the molecule is CCOc1cc([C@H]2C(C(=O)c3cccs3)=C(O)C(=O)N2c2nc(C)c(C)s2)ccc1O. The largest absolute Gasteiger partial charge is 0.504 e. The molecule has 3 heterocycles. The number of aromatic nitrogens is 1. The van der Waals surface area contributed by atoms with Crippen molar-refractivity contribution in [3.8, 4) is 11.5 Å². The van der Waals surface area contributed by atoms with Crippen molar-refractivity contribution in [2.24, 2.45) is 0 Å². The smallest absolute Gasteiger partial charge is 0.296 e.